The minimum Gasteiger partial charge on any atom is -0.348 e. The molecule has 164 valence electrons. The van der Waals surface area contributed by atoms with Crippen LogP contribution >= 0.6 is 0 Å². The van der Waals surface area contributed by atoms with Gasteiger partial charge in [-0.15, -0.1) is 0 Å². The predicted molar refractivity (Wildman–Crippen MR) is 118 cm³/mol. The molecule has 3 rings (SSSR count). The fourth-order valence-electron chi connectivity index (χ4n) is 3.55. The highest BCUT2D eigenvalue weighted by atomic mass is 16.2. The van der Waals surface area contributed by atoms with Crippen molar-refractivity contribution in [2.24, 2.45) is 5.10 Å². The lowest BCUT2D eigenvalue weighted by Crippen LogP contribution is -2.58. The molecule has 0 aromatic rings. The van der Waals surface area contributed by atoms with Crippen molar-refractivity contribution >= 4 is 17.5 Å². The quantitative estimate of drug-likeness (QED) is 0.428. The van der Waals surface area contributed by atoms with Crippen molar-refractivity contribution in [2.45, 2.75) is 89.8 Å². The van der Waals surface area contributed by atoms with Crippen molar-refractivity contribution in [3.05, 3.63) is 12.3 Å². The van der Waals surface area contributed by atoms with Crippen molar-refractivity contribution < 1.29 is 9.59 Å². The van der Waals surface area contributed by atoms with E-state index in [1.165, 1.54) is 43.5 Å². The fraction of sp³-hybridized carbons (Fsp3) is 0.773. The van der Waals surface area contributed by atoms with E-state index in [4.69, 9.17) is 0 Å². The number of likely N-dealkylation sites (N-methyl/N-ethyl adjacent to an activating group) is 1. The minimum absolute atomic E-state index is 0.166. The second-order valence-corrected chi connectivity index (χ2v) is 9.09. The van der Waals surface area contributed by atoms with E-state index in [0.29, 0.717) is 24.0 Å². The first-order valence-electron chi connectivity index (χ1n) is 10.9. The van der Waals surface area contributed by atoms with Gasteiger partial charge in [-0.2, -0.15) is 5.10 Å². The van der Waals surface area contributed by atoms with Crippen LogP contribution in [0.2, 0.25) is 0 Å². The lowest BCUT2D eigenvalue weighted by Gasteiger charge is -2.44. The fourth-order valence-corrected chi connectivity index (χ4v) is 3.55. The average Bonchev–Trinajstić information content (AvgIpc) is 3.51. The lowest BCUT2D eigenvalue weighted by atomic mass is 9.99. The number of piperazine rings is 1. The van der Waals surface area contributed by atoms with Crippen LogP contribution in [0.3, 0.4) is 0 Å². The summed E-state index contributed by atoms with van der Waals surface area (Å²) in [5.74, 6) is -0.343. The second-order valence-electron chi connectivity index (χ2n) is 9.09. The zero-order valence-electron chi connectivity index (χ0n) is 18.9. The summed E-state index contributed by atoms with van der Waals surface area (Å²) in [5, 5.41) is 12.0. The van der Waals surface area contributed by atoms with Crippen LogP contribution in [0, 0.1) is 0 Å². The summed E-state index contributed by atoms with van der Waals surface area (Å²) >= 11 is 0. The summed E-state index contributed by atoms with van der Waals surface area (Å²) < 4.78 is 0. The normalized spacial score (nSPS) is 23.3. The highest BCUT2D eigenvalue weighted by Crippen LogP contribution is 2.25. The molecule has 2 N–H and O–H groups in total. The Hall–Kier alpha value is -1.89. The van der Waals surface area contributed by atoms with E-state index in [1.54, 1.807) is 18.9 Å². The molecule has 3 fully saturated rings. The maximum absolute atomic E-state index is 12.1. The van der Waals surface area contributed by atoms with E-state index >= 15 is 0 Å². The summed E-state index contributed by atoms with van der Waals surface area (Å²) in [7, 11) is 3.83. The van der Waals surface area contributed by atoms with Crippen LogP contribution in [0.1, 0.15) is 72.1 Å². The van der Waals surface area contributed by atoms with Crippen molar-refractivity contribution in [3.8, 4) is 0 Å². The van der Waals surface area contributed by atoms with E-state index < -0.39 is 0 Å². The van der Waals surface area contributed by atoms with Gasteiger partial charge in [-0.3, -0.25) is 14.6 Å². The molecular formula is C22H39N5O2. The number of carbonyl (C=O) groups excluding carboxylic acids is 2. The Morgan fingerprint density at radius 1 is 1.10 bits per heavy atom. The molecular weight excluding hydrogens is 366 g/mol. The van der Waals surface area contributed by atoms with Gasteiger partial charge in [0, 0.05) is 19.1 Å². The van der Waals surface area contributed by atoms with Gasteiger partial charge in [-0.1, -0.05) is 32.3 Å². The van der Waals surface area contributed by atoms with E-state index in [-0.39, 0.29) is 17.4 Å². The van der Waals surface area contributed by atoms with E-state index in [1.807, 2.05) is 13.8 Å². The Balaban J connectivity index is 0.000000278. The molecule has 3 aliphatic rings. The van der Waals surface area contributed by atoms with Gasteiger partial charge in [-0.25, -0.2) is 0 Å². The molecule has 7 heteroatoms. The van der Waals surface area contributed by atoms with Gasteiger partial charge >= 0.3 is 0 Å². The van der Waals surface area contributed by atoms with Crippen LogP contribution in [-0.4, -0.2) is 65.7 Å². The number of hydrogen-bond donors (Lipinski definition) is 2. The zero-order valence-corrected chi connectivity index (χ0v) is 18.9. The van der Waals surface area contributed by atoms with Crippen LogP contribution in [0.4, 0.5) is 0 Å². The van der Waals surface area contributed by atoms with Crippen LogP contribution in [0.5, 0.6) is 0 Å². The van der Waals surface area contributed by atoms with E-state index in [9.17, 15) is 9.59 Å². The second kappa shape index (κ2) is 10.2. The highest BCUT2D eigenvalue weighted by molar-refractivity contribution is 6.38. The Bertz CT molecular complexity index is 631. The summed E-state index contributed by atoms with van der Waals surface area (Å²) in [6.45, 7) is 9.86. The molecule has 0 aromatic carbocycles. The summed E-state index contributed by atoms with van der Waals surface area (Å²) in [5.41, 5.74) is 0.297. The van der Waals surface area contributed by atoms with Crippen molar-refractivity contribution in [2.75, 3.05) is 20.6 Å². The zero-order chi connectivity index (χ0) is 21.6. The molecule has 0 bridgehead atoms. The average molecular weight is 406 g/mol. The van der Waals surface area contributed by atoms with Gasteiger partial charge in [0.2, 0.25) is 0 Å². The molecule has 0 spiro atoms. The number of amides is 2. The summed E-state index contributed by atoms with van der Waals surface area (Å²) in [6, 6.07) is 1.12. The summed E-state index contributed by atoms with van der Waals surface area (Å²) in [6.07, 6.45) is 10.7. The van der Waals surface area contributed by atoms with Gasteiger partial charge < -0.3 is 15.5 Å². The molecule has 29 heavy (non-hydrogen) atoms. The predicted octanol–water partition coefficient (Wildman–Crippen LogP) is 2.64. The van der Waals surface area contributed by atoms with Crippen LogP contribution < -0.4 is 10.6 Å². The first kappa shape index (κ1) is 23.4. The summed E-state index contributed by atoms with van der Waals surface area (Å²) in [4.78, 5) is 25.6. The molecule has 0 atom stereocenters. The standard InChI is InChI=1S/C14H22N4O2.C8H17N/c1-9(12(19)15-11-6-7-11)16-18-8-14(3,4)17(5)13(20)10(18)2;1-9-8-6-4-2-3-5-7-8/h11H,2,6-8H2,1,3-5H3,(H,15,19);8-9H,2-7H2,1H3/b16-9+;. The molecule has 0 aromatic heterocycles. The van der Waals surface area contributed by atoms with Gasteiger partial charge in [0.15, 0.2) is 0 Å². The van der Waals surface area contributed by atoms with Crippen molar-refractivity contribution in [3.63, 3.8) is 0 Å². The monoisotopic (exact) mass is 405 g/mol. The first-order valence-corrected chi connectivity index (χ1v) is 10.9. The Morgan fingerprint density at radius 2 is 1.69 bits per heavy atom. The maximum atomic E-state index is 12.1. The smallest absolute Gasteiger partial charge is 0.271 e. The van der Waals surface area contributed by atoms with Crippen molar-refractivity contribution in [1.82, 2.24) is 20.5 Å². The number of hydrogen-bond acceptors (Lipinski definition) is 5. The Morgan fingerprint density at radius 3 is 2.21 bits per heavy atom. The third-order valence-electron chi connectivity index (χ3n) is 6.08. The molecule has 1 heterocycles. The Kier molecular flexibility index (Phi) is 8.25. The number of hydrazone groups is 1. The molecule has 0 radical (unpaired) electrons. The van der Waals surface area contributed by atoms with Crippen LogP contribution in [0.25, 0.3) is 0 Å². The molecule has 2 aliphatic carbocycles. The maximum Gasteiger partial charge on any atom is 0.271 e. The van der Waals surface area contributed by atoms with Crippen LogP contribution in [0.15, 0.2) is 17.4 Å². The topological polar surface area (TPSA) is 77.0 Å². The number of nitrogens with zero attached hydrogens (tertiary/aromatic N) is 3. The Labute approximate surface area is 176 Å². The largest absolute Gasteiger partial charge is 0.348 e. The number of carbonyl (C=O) groups is 2. The van der Waals surface area contributed by atoms with Crippen molar-refractivity contribution in [1.29, 1.82) is 0 Å². The van der Waals surface area contributed by atoms with Gasteiger partial charge in [-0.05, 0) is 53.5 Å². The van der Waals surface area contributed by atoms with E-state index in [0.717, 1.165) is 18.9 Å². The first-order chi connectivity index (χ1) is 13.7. The molecule has 7 nitrogen and oxygen atoms in total. The van der Waals surface area contributed by atoms with Gasteiger partial charge in [0.05, 0.1) is 12.1 Å². The molecule has 1 saturated heterocycles. The molecule has 0 unspecified atom stereocenters. The third-order valence-corrected chi connectivity index (χ3v) is 6.08. The highest BCUT2D eigenvalue weighted by Gasteiger charge is 2.38. The van der Waals surface area contributed by atoms with Crippen LogP contribution in [-0.2, 0) is 9.59 Å². The molecule has 1 aliphatic heterocycles. The SMILES string of the molecule is C=C1C(=O)N(C)C(C)(C)CN1/N=C(\C)C(=O)NC1CC1.CNC1CCCCCC1. The van der Waals surface area contributed by atoms with Gasteiger partial charge in [0.25, 0.3) is 11.8 Å². The molecule has 2 amide bonds. The molecule has 2 saturated carbocycles. The lowest BCUT2D eigenvalue weighted by molar-refractivity contribution is -0.137. The van der Waals surface area contributed by atoms with Gasteiger partial charge in [0.1, 0.15) is 11.4 Å². The minimum atomic E-state index is -0.352. The third kappa shape index (κ3) is 6.84. The number of rotatable bonds is 4. The number of nitrogens with one attached hydrogen (secondary N) is 2. The van der Waals surface area contributed by atoms with E-state index in [2.05, 4.69) is 29.4 Å².